The zero-order valence-electron chi connectivity index (χ0n) is 8.90. The number of benzene rings is 1. The van der Waals surface area contributed by atoms with Crippen LogP contribution < -0.4 is 0 Å². The molecule has 0 aromatic heterocycles. The highest BCUT2D eigenvalue weighted by atomic mass is 16.5. The minimum Gasteiger partial charge on any atom is -0.457 e. The molecule has 0 saturated carbocycles. The van der Waals surface area contributed by atoms with Crippen molar-refractivity contribution in [1.29, 1.82) is 0 Å². The maximum atomic E-state index is 11.0. The zero-order valence-corrected chi connectivity index (χ0v) is 8.90. The van der Waals surface area contributed by atoms with Gasteiger partial charge in [-0.15, -0.1) is 0 Å². The first-order valence-corrected chi connectivity index (χ1v) is 4.85. The normalized spacial score (nSPS) is 11.9. The lowest BCUT2D eigenvalue weighted by Crippen LogP contribution is -2.22. The molecule has 0 spiro atoms. The van der Waals surface area contributed by atoms with Gasteiger partial charge in [0.1, 0.15) is 6.10 Å². The average molecular weight is 206 g/mol. The van der Waals surface area contributed by atoms with E-state index in [-0.39, 0.29) is 6.10 Å². The predicted octanol–water partition coefficient (Wildman–Crippen LogP) is 1.75. The van der Waals surface area contributed by atoms with E-state index in [2.05, 4.69) is 0 Å². The first-order chi connectivity index (χ1) is 7.09. The van der Waals surface area contributed by atoms with Crippen molar-refractivity contribution in [2.75, 3.05) is 0 Å². The molecule has 0 bridgehead atoms. The highest BCUT2D eigenvalue weighted by molar-refractivity contribution is 6.32. The van der Waals surface area contributed by atoms with Gasteiger partial charge in [-0.2, -0.15) is 0 Å². The fraction of sp³-hybridized carbons (Fsp3) is 0.333. The van der Waals surface area contributed by atoms with Gasteiger partial charge in [0.25, 0.3) is 0 Å². The van der Waals surface area contributed by atoms with Gasteiger partial charge in [-0.25, -0.2) is 4.79 Å². The molecular formula is C12H14O3. The van der Waals surface area contributed by atoms with E-state index in [0.717, 1.165) is 5.56 Å². The number of hydrogen-bond donors (Lipinski definition) is 0. The lowest BCUT2D eigenvalue weighted by atomic mass is 10.1. The van der Waals surface area contributed by atoms with Crippen LogP contribution in [0.5, 0.6) is 0 Å². The van der Waals surface area contributed by atoms with E-state index in [1.165, 1.54) is 6.92 Å². The third kappa shape index (κ3) is 3.94. The molecule has 0 aliphatic heterocycles. The summed E-state index contributed by atoms with van der Waals surface area (Å²) in [5.74, 6) is -1.33. The number of carbonyl (C=O) groups excluding carboxylic acids is 2. The lowest BCUT2D eigenvalue weighted by molar-refractivity contribution is -0.156. The Morgan fingerprint density at radius 2 is 1.87 bits per heavy atom. The first kappa shape index (κ1) is 11.4. The topological polar surface area (TPSA) is 43.4 Å². The Kier molecular flexibility index (Phi) is 4.03. The van der Waals surface area contributed by atoms with Crippen LogP contribution in [0.3, 0.4) is 0 Å². The van der Waals surface area contributed by atoms with Crippen LogP contribution in [0.1, 0.15) is 19.4 Å². The van der Waals surface area contributed by atoms with Gasteiger partial charge in [0.15, 0.2) is 0 Å². The largest absolute Gasteiger partial charge is 0.457 e. The number of ether oxygens (including phenoxy) is 1. The Hall–Kier alpha value is -1.64. The zero-order chi connectivity index (χ0) is 11.3. The summed E-state index contributed by atoms with van der Waals surface area (Å²) in [5.41, 5.74) is 1.08. The van der Waals surface area contributed by atoms with Crippen molar-refractivity contribution in [3.05, 3.63) is 35.9 Å². The number of esters is 1. The molecule has 3 heteroatoms. The third-order valence-electron chi connectivity index (χ3n) is 1.96. The van der Waals surface area contributed by atoms with Gasteiger partial charge >= 0.3 is 5.97 Å². The molecule has 1 aromatic carbocycles. The van der Waals surface area contributed by atoms with Crippen LogP contribution >= 0.6 is 0 Å². The molecular weight excluding hydrogens is 192 g/mol. The maximum Gasteiger partial charge on any atom is 0.374 e. The summed E-state index contributed by atoms with van der Waals surface area (Å²) in [5, 5.41) is 0. The second-order valence-electron chi connectivity index (χ2n) is 3.46. The minimum atomic E-state index is -0.765. The number of hydrogen-bond acceptors (Lipinski definition) is 3. The average Bonchev–Trinajstić information content (AvgIpc) is 2.18. The molecule has 1 rings (SSSR count). The van der Waals surface area contributed by atoms with Crippen LogP contribution in [0.15, 0.2) is 30.3 Å². The van der Waals surface area contributed by atoms with Crippen molar-refractivity contribution < 1.29 is 14.3 Å². The van der Waals surface area contributed by atoms with Gasteiger partial charge in [0, 0.05) is 13.3 Å². The van der Waals surface area contributed by atoms with Crippen molar-refractivity contribution in [2.45, 2.75) is 26.4 Å². The van der Waals surface area contributed by atoms with Crippen molar-refractivity contribution in [3.63, 3.8) is 0 Å². The molecule has 3 nitrogen and oxygen atoms in total. The SMILES string of the molecule is CC(=O)C(=O)OC(C)Cc1ccccc1. The van der Waals surface area contributed by atoms with Crippen LogP contribution in [0.4, 0.5) is 0 Å². The van der Waals surface area contributed by atoms with E-state index in [9.17, 15) is 9.59 Å². The van der Waals surface area contributed by atoms with E-state index >= 15 is 0 Å². The Balaban J connectivity index is 2.46. The van der Waals surface area contributed by atoms with E-state index in [1.54, 1.807) is 6.92 Å². The molecule has 0 N–H and O–H groups in total. The standard InChI is InChI=1S/C12H14O3/c1-9(15-12(14)10(2)13)8-11-6-4-3-5-7-11/h3-7,9H,8H2,1-2H3. The summed E-state index contributed by atoms with van der Waals surface area (Å²) in [6.45, 7) is 2.98. The van der Waals surface area contributed by atoms with Crippen LogP contribution in [0.2, 0.25) is 0 Å². The Bertz CT molecular complexity index is 343. The van der Waals surface area contributed by atoms with Gasteiger partial charge in [-0.1, -0.05) is 30.3 Å². The van der Waals surface area contributed by atoms with Gasteiger partial charge in [0.2, 0.25) is 5.78 Å². The van der Waals surface area contributed by atoms with Crippen LogP contribution in [-0.4, -0.2) is 17.9 Å². The fourth-order valence-corrected chi connectivity index (χ4v) is 1.25. The van der Waals surface area contributed by atoms with E-state index < -0.39 is 11.8 Å². The van der Waals surface area contributed by atoms with E-state index in [1.807, 2.05) is 30.3 Å². The van der Waals surface area contributed by atoms with Gasteiger partial charge in [0.05, 0.1) is 0 Å². The molecule has 1 atom stereocenters. The summed E-state index contributed by atoms with van der Waals surface area (Å²) in [6, 6.07) is 9.69. The van der Waals surface area contributed by atoms with Crippen molar-refractivity contribution in [3.8, 4) is 0 Å². The molecule has 0 heterocycles. The molecule has 0 saturated heterocycles. The van der Waals surface area contributed by atoms with Gasteiger partial charge in [-0.3, -0.25) is 4.79 Å². The van der Waals surface area contributed by atoms with Crippen LogP contribution in [0, 0.1) is 0 Å². The summed E-state index contributed by atoms with van der Waals surface area (Å²) < 4.78 is 4.93. The number of carbonyl (C=O) groups is 2. The smallest absolute Gasteiger partial charge is 0.374 e. The Morgan fingerprint density at radius 1 is 1.27 bits per heavy atom. The Labute approximate surface area is 89.1 Å². The first-order valence-electron chi connectivity index (χ1n) is 4.85. The summed E-state index contributed by atoms with van der Waals surface area (Å²) in [7, 11) is 0. The molecule has 1 unspecified atom stereocenters. The molecule has 0 amide bonds. The second-order valence-corrected chi connectivity index (χ2v) is 3.46. The van der Waals surface area contributed by atoms with Crippen molar-refractivity contribution in [1.82, 2.24) is 0 Å². The second kappa shape index (κ2) is 5.29. The third-order valence-corrected chi connectivity index (χ3v) is 1.96. The van der Waals surface area contributed by atoms with E-state index in [0.29, 0.717) is 6.42 Å². The summed E-state index contributed by atoms with van der Waals surface area (Å²) in [6.07, 6.45) is 0.351. The maximum absolute atomic E-state index is 11.0. The van der Waals surface area contributed by atoms with Gasteiger partial charge in [-0.05, 0) is 12.5 Å². The van der Waals surface area contributed by atoms with Crippen molar-refractivity contribution >= 4 is 11.8 Å². The number of Topliss-reactive ketones (excluding diaryl/α,β-unsaturated/α-hetero) is 1. The molecule has 0 aliphatic carbocycles. The predicted molar refractivity (Wildman–Crippen MR) is 56.4 cm³/mol. The summed E-state index contributed by atoms with van der Waals surface area (Å²) >= 11 is 0. The monoisotopic (exact) mass is 206 g/mol. The Morgan fingerprint density at radius 3 is 2.40 bits per heavy atom. The number of ketones is 1. The molecule has 0 fully saturated rings. The quantitative estimate of drug-likeness (QED) is 0.556. The van der Waals surface area contributed by atoms with Crippen molar-refractivity contribution in [2.24, 2.45) is 0 Å². The minimum absolute atomic E-state index is 0.274. The molecule has 0 radical (unpaired) electrons. The van der Waals surface area contributed by atoms with E-state index in [4.69, 9.17) is 4.74 Å². The fourth-order valence-electron chi connectivity index (χ4n) is 1.25. The van der Waals surface area contributed by atoms with Gasteiger partial charge < -0.3 is 4.74 Å². The molecule has 0 aliphatic rings. The summed E-state index contributed by atoms with van der Waals surface area (Å²) in [4.78, 5) is 21.6. The highest BCUT2D eigenvalue weighted by Gasteiger charge is 2.13. The lowest BCUT2D eigenvalue weighted by Gasteiger charge is -2.11. The van der Waals surface area contributed by atoms with Crippen LogP contribution in [0.25, 0.3) is 0 Å². The molecule has 15 heavy (non-hydrogen) atoms. The highest BCUT2D eigenvalue weighted by Crippen LogP contribution is 2.05. The number of rotatable bonds is 4. The molecule has 80 valence electrons. The molecule has 1 aromatic rings. The van der Waals surface area contributed by atoms with Crippen LogP contribution in [-0.2, 0) is 20.7 Å².